The zero-order valence-corrected chi connectivity index (χ0v) is 12.7. The Balaban J connectivity index is 2.34. The van der Waals surface area contributed by atoms with Crippen LogP contribution in [0.3, 0.4) is 0 Å². The van der Waals surface area contributed by atoms with Crippen molar-refractivity contribution in [3.05, 3.63) is 0 Å². The van der Waals surface area contributed by atoms with E-state index in [1.807, 2.05) is 7.11 Å². The van der Waals surface area contributed by atoms with E-state index in [-0.39, 0.29) is 0 Å². The first-order valence-corrected chi connectivity index (χ1v) is 7.61. The van der Waals surface area contributed by atoms with Crippen LogP contribution in [0.5, 0.6) is 0 Å². The number of hydrogen-bond acceptors (Lipinski definition) is 3. The molecule has 3 nitrogen and oxygen atoms in total. The second-order valence-electron chi connectivity index (χ2n) is 6.05. The Kier molecular flexibility index (Phi) is 7.87. The summed E-state index contributed by atoms with van der Waals surface area (Å²) in [6.07, 6.45) is 4.29. The van der Waals surface area contributed by atoms with E-state index < -0.39 is 0 Å². The molecule has 1 atom stereocenters. The summed E-state index contributed by atoms with van der Waals surface area (Å²) in [7, 11) is 1.81. The van der Waals surface area contributed by atoms with Gasteiger partial charge in [0.2, 0.25) is 0 Å². The molecule has 0 radical (unpaired) electrons. The molecular weight excluding hydrogens is 224 g/mol. The number of rotatable bonds is 10. The number of likely N-dealkylation sites (N-methyl/N-ethyl adjacent to an activating group) is 1. The predicted molar refractivity (Wildman–Crippen MR) is 78.0 cm³/mol. The Hall–Kier alpha value is -0.120. The van der Waals surface area contributed by atoms with Crippen LogP contribution >= 0.6 is 0 Å². The van der Waals surface area contributed by atoms with Gasteiger partial charge in [-0.2, -0.15) is 0 Å². The summed E-state index contributed by atoms with van der Waals surface area (Å²) < 4.78 is 5.40. The normalized spacial score (nSPS) is 18.3. The van der Waals surface area contributed by atoms with Gasteiger partial charge < -0.3 is 10.1 Å². The van der Waals surface area contributed by atoms with Gasteiger partial charge in [-0.25, -0.2) is 0 Å². The third-order valence-corrected chi connectivity index (χ3v) is 3.93. The van der Waals surface area contributed by atoms with Gasteiger partial charge in [0.05, 0.1) is 6.61 Å². The molecular formula is C15H32N2O. The maximum absolute atomic E-state index is 5.40. The summed E-state index contributed by atoms with van der Waals surface area (Å²) in [5.74, 6) is 1.66. The summed E-state index contributed by atoms with van der Waals surface area (Å²) in [4.78, 5) is 2.60. The molecule has 1 N–H and O–H groups in total. The van der Waals surface area contributed by atoms with Crippen LogP contribution in [0, 0.1) is 11.8 Å². The third-order valence-electron chi connectivity index (χ3n) is 3.93. The Morgan fingerprint density at radius 2 is 2.00 bits per heavy atom. The van der Waals surface area contributed by atoms with E-state index >= 15 is 0 Å². The third kappa shape index (κ3) is 5.68. The van der Waals surface area contributed by atoms with Crippen LogP contribution in [0.25, 0.3) is 0 Å². The van der Waals surface area contributed by atoms with E-state index in [1.165, 1.54) is 25.8 Å². The number of ether oxygens (including phenoxy) is 1. The molecule has 0 aromatic heterocycles. The van der Waals surface area contributed by atoms with Gasteiger partial charge in [0, 0.05) is 26.2 Å². The monoisotopic (exact) mass is 256 g/mol. The summed E-state index contributed by atoms with van der Waals surface area (Å²) in [6.45, 7) is 12.2. The topological polar surface area (TPSA) is 24.5 Å². The van der Waals surface area contributed by atoms with Crippen LogP contribution in [-0.4, -0.2) is 50.8 Å². The molecule has 0 bridgehead atoms. The second kappa shape index (κ2) is 8.89. The molecule has 1 aliphatic carbocycles. The summed E-state index contributed by atoms with van der Waals surface area (Å²) >= 11 is 0. The SMILES string of the molecule is CCN(CC1CCC1)C(CNCC(C)C)COC. The van der Waals surface area contributed by atoms with Crippen LogP contribution in [0.1, 0.15) is 40.0 Å². The second-order valence-corrected chi connectivity index (χ2v) is 6.05. The molecule has 1 fully saturated rings. The van der Waals surface area contributed by atoms with Crippen molar-refractivity contribution in [1.29, 1.82) is 0 Å². The Morgan fingerprint density at radius 1 is 1.28 bits per heavy atom. The van der Waals surface area contributed by atoms with E-state index in [0.29, 0.717) is 6.04 Å². The molecule has 18 heavy (non-hydrogen) atoms. The predicted octanol–water partition coefficient (Wildman–Crippen LogP) is 2.37. The highest BCUT2D eigenvalue weighted by molar-refractivity contribution is 4.79. The van der Waals surface area contributed by atoms with Crippen molar-refractivity contribution < 1.29 is 4.74 Å². The minimum atomic E-state index is 0.527. The first kappa shape index (κ1) is 15.9. The van der Waals surface area contributed by atoms with Crippen LogP contribution in [-0.2, 0) is 4.74 Å². The van der Waals surface area contributed by atoms with E-state index in [0.717, 1.165) is 38.1 Å². The average molecular weight is 256 g/mol. The van der Waals surface area contributed by atoms with Crippen molar-refractivity contribution in [2.24, 2.45) is 11.8 Å². The number of nitrogens with zero attached hydrogens (tertiary/aromatic N) is 1. The van der Waals surface area contributed by atoms with Gasteiger partial charge in [0.15, 0.2) is 0 Å². The van der Waals surface area contributed by atoms with Crippen LogP contribution in [0.4, 0.5) is 0 Å². The fourth-order valence-electron chi connectivity index (χ4n) is 2.57. The summed E-state index contributed by atoms with van der Waals surface area (Å²) in [6, 6.07) is 0.527. The van der Waals surface area contributed by atoms with Gasteiger partial charge in [-0.05, 0) is 37.8 Å². The Labute approximate surface area is 113 Å². The number of hydrogen-bond donors (Lipinski definition) is 1. The van der Waals surface area contributed by atoms with Crippen molar-refractivity contribution >= 4 is 0 Å². The smallest absolute Gasteiger partial charge is 0.0630 e. The molecule has 0 heterocycles. The number of nitrogens with one attached hydrogen (secondary N) is 1. The van der Waals surface area contributed by atoms with Gasteiger partial charge in [-0.15, -0.1) is 0 Å². The first-order chi connectivity index (χ1) is 8.67. The van der Waals surface area contributed by atoms with E-state index in [4.69, 9.17) is 4.74 Å². The Bertz CT molecular complexity index is 205. The molecule has 1 aliphatic rings. The van der Waals surface area contributed by atoms with Crippen molar-refractivity contribution in [1.82, 2.24) is 10.2 Å². The lowest BCUT2D eigenvalue weighted by atomic mass is 9.85. The largest absolute Gasteiger partial charge is 0.383 e. The number of methoxy groups -OCH3 is 1. The molecule has 1 unspecified atom stereocenters. The average Bonchev–Trinajstić information content (AvgIpc) is 2.27. The fraction of sp³-hybridized carbons (Fsp3) is 1.00. The zero-order valence-electron chi connectivity index (χ0n) is 12.7. The van der Waals surface area contributed by atoms with Crippen LogP contribution < -0.4 is 5.32 Å². The molecule has 1 rings (SSSR count). The van der Waals surface area contributed by atoms with E-state index in [1.54, 1.807) is 0 Å². The van der Waals surface area contributed by atoms with Crippen LogP contribution in [0.15, 0.2) is 0 Å². The van der Waals surface area contributed by atoms with Crippen molar-refractivity contribution in [3.63, 3.8) is 0 Å². The van der Waals surface area contributed by atoms with Crippen LogP contribution in [0.2, 0.25) is 0 Å². The molecule has 0 amide bonds. The molecule has 0 spiro atoms. The van der Waals surface area contributed by atoms with E-state index in [2.05, 4.69) is 31.0 Å². The maximum atomic E-state index is 5.40. The molecule has 108 valence electrons. The molecule has 0 saturated heterocycles. The first-order valence-electron chi connectivity index (χ1n) is 7.61. The lowest BCUT2D eigenvalue weighted by Gasteiger charge is -2.36. The highest BCUT2D eigenvalue weighted by Crippen LogP contribution is 2.27. The lowest BCUT2D eigenvalue weighted by Crippen LogP contribution is -2.48. The van der Waals surface area contributed by atoms with E-state index in [9.17, 15) is 0 Å². The van der Waals surface area contributed by atoms with Gasteiger partial charge >= 0.3 is 0 Å². The highest BCUT2D eigenvalue weighted by atomic mass is 16.5. The molecule has 3 heteroatoms. The summed E-state index contributed by atoms with van der Waals surface area (Å²) in [5.41, 5.74) is 0. The molecule has 0 aromatic rings. The van der Waals surface area contributed by atoms with Crippen molar-refractivity contribution in [2.75, 3.05) is 39.9 Å². The molecule has 0 aromatic carbocycles. The maximum Gasteiger partial charge on any atom is 0.0630 e. The van der Waals surface area contributed by atoms with Gasteiger partial charge in [0.1, 0.15) is 0 Å². The minimum absolute atomic E-state index is 0.527. The molecule has 0 aliphatic heterocycles. The summed E-state index contributed by atoms with van der Waals surface area (Å²) in [5, 5.41) is 3.57. The standard InChI is InChI=1S/C15H32N2O/c1-5-17(11-14-7-6-8-14)15(12-18-4)10-16-9-13(2)3/h13-16H,5-12H2,1-4H3. The van der Waals surface area contributed by atoms with Gasteiger partial charge in [-0.3, -0.25) is 4.90 Å². The minimum Gasteiger partial charge on any atom is -0.383 e. The lowest BCUT2D eigenvalue weighted by molar-refractivity contribution is 0.0698. The van der Waals surface area contributed by atoms with Crippen molar-refractivity contribution in [2.45, 2.75) is 46.1 Å². The van der Waals surface area contributed by atoms with Crippen molar-refractivity contribution in [3.8, 4) is 0 Å². The fourth-order valence-corrected chi connectivity index (χ4v) is 2.57. The van der Waals surface area contributed by atoms with Gasteiger partial charge in [0.25, 0.3) is 0 Å². The molecule has 1 saturated carbocycles. The highest BCUT2D eigenvalue weighted by Gasteiger charge is 2.24. The van der Waals surface area contributed by atoms with Gasteiger partial charge in [-0.1, -0.05) is 27.2 Å². The zero-order chi connectivity index (χ0) is 13.4. The Morgan fingerprint density at radius 3 is 2.44 bits per heavy atom. The quantitative estimate of drug-likeness (QED) is 0.649.